The molecule has 16 heavy (non-hydrogen) atoms. The quantitative estimate of drug-likeness (QED) is 0.627. The zero-order valence-corrected chi connectivity index (χ0v) is 11.5. The molecular formula is C15H26O. The van der Waals surface area contributed by atoms with Crippen LogP contribution >= 0.6 is 0 Å². The molecule has 0 unspecified atom stereocenters. The summed E-state index contributed by atoms with van der Waals surface area (Å²) < 4.78 is 5.35. The summed E-state index contributed by atoms with van der Waals surface area (Å²) in [6.45, 7) is 12.1. The third-order valence-corrected chi connectivity index (χ3v) is 2.14. The monoisotopic (exact) mass is 222 g/mol. The van der Waals surface area contributed by atoms with Crippen molar-refractivity contribution in [2.24, 2.45) is 0 Å². The van der Waals surface area contributed by atoms with E-state index in [4.69, 9.17) is 4.74 Å². The molecule has 92 valence electrons. The smallest absolute Gasteiger partial charge is 0.0719 e. The molecular weight excluding hydrogens is 196 g/mol. The number of benzene rings is 1. The fourth-order valence-electron chi connectivity index (χ4n) is 1.50. The first-order valence-electron chi connectivity index (χ1n) is 6.44. The van der Waals surface area contributed by atoms with Crippen LogP contribution in [0.25, 0.3) is 0 Å². The predicted molar refractivity (Wildman–Crippen MR) is 71.9 cm³/mol. The van der Waals surface area contributed by atoms with Crippen LogP contribution in [0.15, 0.2) is 18.2 Å². The van der Waals surface area contributed by atoms with Crippen LogP contribution in [0, 0.1) is 6.92 Å². The molecule has 1 aliphatic heterocycles. The summed E-state index contributed by atoms with van der Waals surface area (Å²) >= 11 is 0. The van der Waals surface area contributed by atoms with E-state index in [9.17, 15) is 0 Å². The number of aryl methyl sites for hydroxylation is 1. The van der Waals surface area contributed by atoms with E-state index < -0.39 is 0 Å². The zero-order chi connectivity index (χ0) is 12.4. The van der Waals surface area contributed by atoms with Crippen molar-refractivity contribution in [3.63, 3.8) is 0 Å². The van der Waals surface area contributed by atoms with E-state index in [0.717, 1.165) is 19.6 Å². The van der Waals surface area contributed by atoms with E-state index in [2.05, 4.69) is 39.0 Å². The van der Waals surface area contributed by atoms with Gasteiger partial charge in [-0.3, -0.25) is 0 Å². The second-order valence-electron chi connectivity index (χ2n) is 3.78. The van der Waals surface area contributed by atoms with Crippen LogP contribution < -0.4 is 0 Å². The predicted octanol–water partition coefficient (Wildman–Crippen LogP) is 4.51. The Labute approximate surface area is 101 Å². The molecule has 0 atom stereocenters. The van der Waals surface area contributed by atoms with E-state index in [-0.39, 0.29) is 0 Å². The molecule has 0 N–H and O–H groups in total. The minimum atomic E-state index is 0.803. The molecule has 1 heteroatoms. The van der Waals surface area contributed by atoms with Gasteiger partial charge in [-0.1, -0.05) is 57.9 Å². The number of hydrogen-bond acceptors (Lipinski definition) is 1. The van der Waals surface area contributed by atoms with Crippen molar-refractivity contribution in [3.05, 3.63) is 34.9 Å². The number of ether oxygens (including phenoxy) is 1. The van der Waals surface area contributed by atoms with Crippen molar-refractivity contribution in [1.29, 1.82) is 0 Å². The summed E-state index contributed by atoms with van der Waals surface area (Å²) in [7, 11) is 0. The Kier molecular flexibility index (Phi) is 8.93. The number of hydrogen-bond donors (Lipinski definition) is 0. The highest BCUT2D eigenvalue weighted by molar-refractivity contribution is 5.32. The maximum atomic E-state index is 5.35. The Morgan fingerprint density at radius 2 is 1.75 bits per heavy atom. The van der Waals surface area contributed by atoms with Gasteiger partial charge in [0.25, 0.3) is 0 Å². The van der Waals surface area contributed by atoms with Crippen molar-refractivity contribution in [3.8, 4) is 0 Å². The Hall–Kier alpha value is -0.820. The van der Waals surface area contributed by atoms with Gasteiger partial charge in [0.1, 0.15) is 0 Å². The highest BCUT2D eigenvalue weighted by Gasteiger charge is 2.07. The van der Waals surface area contributed by atoms with Crippen LogP contribution in [0.3, 0.4) is 0 Å². The standard InChI is InChI=1S/C10H12O.C3H8.C2H6/c1-8-2-3-9-4-5-11-7-10(9)6-8;1-3-2;1-2/h2-3,6H,4-5,7H2,1H3;3H2,1-2H3;1-2H3. The van der Waals surface area contributed by atoms with Crippen molar-refractivity contribution in [2.75, 3.05) is 6.61 Å². The molecule has 1 nitrogen and oxygen atoms in total. The van der Waals surface area contributed by atoms with Gasteiger partial charge in [0.15, 0.2) is 0 Å². The van der Waals surface area contributed by atoms with Crippen LogP contribution in [0.4, 0.5) is 0 Å². The highest BCUT2D eigenvalue weighted by Crippen LogP contribution is 2.17. The van der Waals surface area contributed by atoms with Gasteiger partial charge >= 0.3 is 0 Å². The molecule has 1 aromatic rings. The summed E-state index contributed by atoms with van der Waals surface area (Å²) in [6.07, 6.45) is 2.33. The molecule has 0 saturated heterocycles. The van der Waals surface area contributed by atoms with Crippen molar-refractivity contribution in [2.45, 2.75) is 54.1 Å². The first-order valence-corrected chi connectivity index (χ1v) is 6.44. The van der Waals surface area contributed by atoms with Crippen molar-refractivity contribution in [1.82, 2.24) is 0 Å². The first-order chi connectivity index (χ1) is 7.77. The van der Waals surface area contributed by atoms with Gasteiger partial charge in [-0.05, 0) is 24.5 Å². The van der Waals surface area contributed by atoms with Gasteiger partial charge in [0, 0.05) is 0 Å². The van der Waals surface area contributed by atoms with Crippen LogP contribution in [-0.2, 0) is 17.8 Å². The van der Waals surface area contributed by atoms with Gasteiger partial charge in [-0.15, -0.1) is 0 Å². The normalized spacial score (nSPS) is 12.6. The second-order valence-corrected chi connectivity index (χ2v) is 3.78. The molecule has 1 aromatic carbocycles. The minimum absolute atomic E-state index is 0.803. The number of fused-ring (bicyclic) bond motifs is 1. The lowest BCUT2D eigenvalue weighted by Crippen LogP contribution is -2.09. The van der Waals surface area contributed by atoms with E-state index in [1.165, 1.54) is 23.1 Å². The summed E-state index contributed by atoms with van der Waals surface area (Å²) in [5.41, 5.74) is 4.16. The highest BCUT2D eigenvalue weighted by atomic mass is 16.5. The SMILES string of the molecule is CC.CCC.Cc1ccc2c(c1)COCC2. The summed E-state index contributed by atoms with van der Waals surface area (Å²) in [5, 5.41) is 0. The Balaban J connectivity index is 0.000000394. The third-order valence-electron chi connectivity index (χ3n) is 2.14. The fraction of sp³-hybridized carbons (Fsp3) is 0.600. The molecule has 0 amide bonds. The zero-order valence-electron chi connectivity index (χ0n) is 11.5. The van der Waals surface area contributed by atoms with Gasteiger partial charge in [-0.2, -0.15) is 0 Å². The molecule has 1 aliphatic rings. The molecule has 2 rings (SSSR count). The topological polar surface area (TPSA) is 9.23 Å². The van der Waals surface area contributed by atoms with E-state index in [1.807, 2.05) is 13.8 Å². The molecule has 0 spiro atoms. The van der Waals surface area contributed by atoms with E-state index in [0.29, 0.717) is 0 Å². The maximum Gasteiger partial charge on any atom is 0.0719 e. The summed E-state index contributed by atoms with van der Waals surface area (Å²) in [4.78, 5) is 0. The largest absolute Gasteiger partial charge is 0.376 e. The average molecular weight is 222 g/mol. The van der Waals surface area contributed by atoms with Gasteiger partial charge in [-0.25, -0.2) is 0 Å². The van der Waals surface area contributed by atoms with E-state index in [1.54, 1.807) is 0 Å². The third kappa shape index (κ3) is 5.32. The summed E-state index contributed by atoms with van der Waals surface area (Å²) in [5.74, 6) is 0. The van der Waals surface area contributed by atoms with Crippen LogP contribution in [0.2, 0.25) is 0 Å². The second kappa shape index (κ2) is 9.41. The molecule has 0 aliphatic carbocycles. The van der Waals surface area contributed by atoms with Crippen LogP contribution in [-0.4, -0.2) is 6.61 Å². The lowest BCUT2D eigenvalue weighted by molar-refractivity contribution is 0.110. The number of rotatable bonds is 0. The molecule has 0 radical (unpaired) electrons. The Morgan fingerprint density at radius 3 is 2.38 bits per heavy atom. The lowest BCUT2D eigenvalue weighted by Gasteiger charge is -2.16. The molecule has 0 aromatic heterocycles. The average Bonchev–Trinajstić information content (AvgIpc) is 2.32. The fourth-order valence-corrected chi connectivity index (χ4v) is 1.50. The minimum Gasteiger partial charge on any atom is -0.376 e. The molecule has 0 bridgehead atoms. The molecule has 0 saturated carbocycles. The first kappa shape index (κ1) is 15.2. The molecule has 0 fully saturated rings. The van der Waals surface area contributed by atoms with E-state index >= 15 is 0 Å². The van der Waals surface area contributed by atoms with Gasteiger partial charge < -0.3 is 4.74 Å². The van der Waals surface area contributed by atoms with Crippen LogP contribution in [0.1, 0.15) is 50.8 Å². The Morgan fingerprint density at radius 1 is 1.12 bits per heavy atom. The Bertz CT molecular complexity index is 279. The lowest BCUT2D eigenvalue weighted by atomic mass is 10.0. The maximum absolute atomic E-state index is 5.35. The van der Waals surface area contributed by atoms with Crippen molar-refractivity contribution >= 4 is 0 Å². The summed E-state index contributed by atoms with van der Waals surface area (Å²) in [6, 6.07) is 6.60. The van der Waals surface area contributed by atoms with Crippen molar-refractivity contribution < 1.29 is 4.74 Å². The van der Waals surface area contributed by atoms with Gasteiger partial charge in [0.2, 0.25) is 0 Å². The van der Waals surface area contributed by atoms with Crippen LogP contribution in [0.5, 0.6) is 0 Å². The molecule has 1 heterocycles. The van der Waals surface area contributed by atoms with Gasteiger partial charge in [0.05, 0.1) is 13.2 Å².